The number of hydrogen-bond donors (Lipinski definition) is 2. The van der Waals surface area contributed by atoms with E-state index in [4.69, 9.17) is 17.0 Å². The van der Waals surface area contributed by atoms with Crippen molar-refractivity contribution in [3.63, 3.8) is 0 Å². The average Bonchev–Trinajstić information content (AvgIpc) is 3.51. The van der Waals surface area contributed by atoms with Crippen LogP contribution in [-0.4, -0.2) is 42.1 Å². The molecule has 1 aliphatic carbocycles. The summed E-state index contributed by atoms with van der Waals surface area (Å²) in [5.41, 5.74) is -3.28. The van der Waals surface area contributed by atoms with Crippen LogP contribution in [0, 0.1) is 5.41 Å². The maximum absolute atomic E-state index is 14.2. The highest BCUT2D eigenvalue weighted by Crippen LogP contribution is 2.38. The van der Waals surface area contributed by atoms with Crippen LogP contribution in [0.5, 0.6) is 0 Å². The maximum Gasteiger partial charge on any atom is 0.416 e. The van der Waals surface area contributed by atoms with Crippen LogP contribution in [0.2, 0.25) is 5.02 Å². The molecule has 11 heteroatoms. The van der Waals surface area contributed by atoms with E-state index in [0.717, 1.165) is 30.1 Å². The number of amides is 1. The van der Waals surface area contributed by atoms with Gasteiger partial charge in [0.05, 0.1) is 11.6 Å². The largest absolute Gasteiger partial charge is 0.416 e. The first-order chi connectivity index (χ1) is 14.3. The summed E-state index contributed by atoms with van der Waals surface area (Å²) < 4.78 is 79.0. The van der Waals surface area contributed by atoms with Gasteiger partial charge in [-0.25, -0.2) is 8.78 Å². The molecule has 31 heavy (non-hydrogen) atoms. The van der Waals surface area contributed by atoms with E-state index in [1.54, 1.807) is 0 Å². The highest BCUT2D eigenvalue weighted by molar-refractivity contribution is 6.32. The first-order valence-electron chi connectivity index (χ1n) is 9.14. The molecule has 1 aromatic carbocycles. The van der Waals surface area contributed by atoms with E-state index in [1.165, 1.54) is 6.92 Å². The van der Waals surface area contributed by atoms with Gasteiger partial charge in [0.1, 0.15) is 11.3 Å². The number of benzene rings is 1. The van der Waals surface area contributed by atoms with Crippen molar-refractivity contribution in [3.05, 3.63) is 52.5 Å². The quantitative estimate of drug-likeness (QED) is 0.232. The van der Waals surface area contributed by atoms with Crippen molar-refractivity contribution in [2.24, 2.45) is 0 Å². The van der Waals surface area contributed by atoms with Gasteiger partial charge in [-0.15, -0.1) is 0 Å². The number of alkyl halides is 5. The van der Waals surface area contributed by atoms with Gasteiger partial charge < -0.3 is 10.2 Å². The summed E-state index contributed by atoms with van der Waals surface area (Å²) in [6.07, 6.45) is -6.96. The lowest BCUT2D eigenvalue weighted by Crippen LogP contribution is -2.44. The smallest absolute Gasteiger partial charge is 0.364 e. The lowest BCUT2D eigenvalue weighted by Gasteiger charge is -2.32. The second-order valence-corrected chi connectivity index (χ2v) is 7.40. The van der Waals surface area contributed by atoms with Gasteiger partial charge in [0, 0.05) is 18.1 Å². The molecule has 1 aliphatic rings. The number of carbonyl (C=O) groups is 1. The van der Waals surface area contributed by atoms with E-state index in [-0.39, 0.29) is 16.2 Å². The molecular weight excluding hydrogens is 448 g/mol. The fourth-order valence-electron chi connectivity index (χ4n) is 3.05. The van der Waals surface area contributed by atoms with Crippen LogP contribution in [0.3, 0.4) is 0 Å². The normalized spacial score (nSPS) is 15.9. The molecule has 1 fully saturated rings. The predicted molar refractivity (Wildman–Crippen MR) is 106 cm³/mol. The van der Waals surface area contributed by atoms with Gasteiger partial charge in [0.2, 0.25) is 5.95 Å². The zero-order valence-corrected chi connectivity index (χ0v) is 17.3. The highest BCUT2D eigenvalue weighted by atomic mass is 35.5. The lowest BCUT2D eigenvalue weighted by molar-refractivity contribution is -0.137. The zero-order valence-electron chi connectivity index (χ0n) is 16.6. The van der Waals surface area contributed by atoms with Crippen molar-refractivity contribution in [2.45, 2.75) is 44.5 Å². The van der Waals surface area contributed by atoms with E-state index in [2.05, 4.69) is 6.58 Å². The SMILES string of the molecule is C=C(c1ccc(C(F)(F)F)cc1Cl)C(C)N(C(=O)/C(C(=N)C(F)F)=C(\F)NC)C1CC1. The number of nitrogens with one attached hydrogen (secondary N) is 2. The average molecular weight is 468 g/mol. The van der Waals surface area contributed by atoms with Crippen LogP contribution >= 0.6 is 11.6 Å². The van der Waals surface area contributed by atoms with Gasteiger partial charge in [0.15, 0.2) is 0 Å². The summed E-state index contributed by atoms with van der Waals surface area (Å²) in [7, 11) is 1.08. The molecule has 1 unspecified atom stereocenters. The topological polar surface area (TPSA) is 56.2 Å². The Balaban J connectivity index is 2.42. The Hall–Kier alpha value is -2.49. The van der Waals surface area contributed by atoms with Crippen LogP contribution in [0.25, 0.3) is 5.57 Å². The van der Waals surface area contributed by atoms with Crippen LogP contribution in [0.4, 0.5) is 26.3 Å². The van der Waals surface area contributed by atoms with Crippen molar-refractivity contribution in [2.75, 3.05) is 7.05 Å². The number of halogens is 7. The second kappa shape index (κ2) is 9.33. The van der Waals surface area contributed by atoms with Crippen molar-refractivity contribution in [1.29, 1.82) is 5.41 Å². The van der Waals surface area contributed by atoms with Crippen molar-refractivity contribution in [1.82, 2.24) is 10.2 Å². The van der Waals surface area contributed by atoms with Crippen LogP contribution in [-0.2, 0) is 11.0 Å². The first kappa shape index (κ1) is 24.8. The molecule has 0 radical (unpaired) electrons. The minimum atomic E-state index is -4.61. The third kappa shape index (κ3) is 5.41. The molecule has 0 bridgehead atoms. The molecule has 2 rings (SSSR count). The summed E-state index contributed by atoms with van der Waals surface area (Å²) in [5.74, 6) is -2.53. The zero-order chi connectivity index (χ0) is 23.7. The lowest BCUT2D eigenvalue weighted by atomic mass is 9.97. The first-order valence-corrected chi connectivity index (χ1v) is 9.52. The summed E-state index contributed by atoms with van der Waals surface area (Å²) >= 11 is 6.00. The van der Waals surface area contributed by atoms with Crippen molar-refractivity contribution in [3.8, 4) is 0 Å². The molecule has 0 aliphatic heterocycles. The van der Waals surface area contributed by atoms with Crippen LogP contribution in [0.15, 0.2) is 36.3 Å². The Labute approximate surface area is 180 Å². The van der Waals surface area contributed by atoms with Crippen molar-refractivity contribution < 1.29 is 31.1 Å². The van der Waals surface area contributed by atoms with E-state index in [9.17, 15) is 31.1 Å². The van der Waals surface area contributed by atoms with Crippen LogP contribution in [0.1, 0.15) is 30.9 Å². The molecule has 0 heterocycles. The molecule has 0 aromatic heterocycles. The van der Waals surface area contributed by atoms with Crippen molar-refractivity contribution >= 4 is 28.8 Å². The Morgan fingerprint density at radius 3 is 2.32 bits per heavy atom. The van der Waals surface area contributed by atoms with E-state index < -0.39 is 53.4 Å². The molecule has 0 saturated heterocycles. The molecule has 1 aromatic rings. The predicted octanol–water partition coefficient (Wildman–Crippen LogP) is 5.44. The molecule has 0 spiro atoms. The second-order valence-electron chi connectivity index (χ2n) is 6.99. The summed E-state index contributed by atoms with van der Waals surface area (Å²) in [5, 5.41) is 9.17. The maximum atomic E-state index is 14.2. The van der Waals surface area contributed by atoms with Gasteiger partial charge in [-0.05, 0) is 43.0 Å². The molecule has 1 amide bonds. The van der Waals surface area contributed by atoms with Gasteiger partial charge in [-0.1, -0.05) is 24.2 Å². The van der Waals surface area contributed by atoms with Gasteiger partial charge in [-0.3, -0.25) is 10.2 Å². The number of carbonyl (C=O) groups excluding carboxylic acids is 1. The van der Waals surface area contributed by atoms with E-state index >= 15 is 0 Å². The number of hydrogen-bond acceptors (Lipinski definition) is 3. The molecular formula is C20H20ClF6N3O. The van der Waals surface area contributed by atoms with Gasteiger partial charge >= 0.3 is 6.18 Å². The standard InChI is InChI=1S/C20H20ClF6N3O/c1-9(13-7-4-11(8-14(13)21)20(25,26)27)10(2)30(12-5-6-12)19(31)15(18(24)29-3)16(28)17(22)23/h4,7-8,10,12,17,28-29H,1,5-6H2,2-3H3/b18-15+,28-16?. The summed E-state index contributed by atoms with van der Waals surface area (Å²) in [6.45, 7) is 5.29. The minimum Gasteiger partial charge on any atom is -0.364 e. The monoisotopic (exact) mass is 467 g/mol. The number of rotatable bonds is 8. The molecule has 170 valence electrons. The molecule has 4 nitrogen and oxygen atoms in total. The molecule has 1 atom stereocenters. The fourth-order valence-corrected chi connectivity index (χ4v) is 3.35. The third-order valence-electron chi connectivity index (χ3n) is 4.88. The van der Waals surface area contributed by atoms with Crippen LogP contribution < -0.4 is 5.32 Å². The summed E-state index contributed by atoms with van der Waals surface area (Å²) in [6, 6.07) is 1.29. The Morgan fingerprint density at radius 1 is 1.32 bits per heavy atom. The van der Waals surface area contributed by atoms with E-state index in [0.29, 0.717) is 12.8 Å². The number of nitrogens with zero attached hydrogens (tertiary/aromatic N) is 1. The Kier molecular flexibility index (Phi) is 7.46. The molecule has 2 N–H and O–H groups in total. The third-order valence-corrected chi connectivity index (χ3v) is 5.19. The Morgan fingerprint density at radius 2 is 1.90 bits per heavy atom. The van der Waals surface area contributed by atoms with E-state index in [1.807, 2.05) is 5.32 Å². The summed E-state index contributed by atoms with van der Waals surface area (Å²) in [4.78, 5) is 14.1. The Bertz CT molecular complexity index is 924. The molecule has 1 saturated carbocycles. The fraction of sp³-hybridized carbons (Fsp3) is 0.400. The minimum absolute atomic E-state index is 0.129. The van der Waals surface area contributed by atoms with Gasteiger partial charge in [0.25, 0.3) is 12.3 Å². The van der Waals surface area contributed by atoms with Gasteiger partial charge in [-0.2, -0.15) is 17.6 Å². The highest BCUT2D eigenvalue weighted by Gasteiger charge is 2.41.